The fourth-order valence-electron chi connectivity index (χ4n) is 3.41. The zero-order valence-corrected chi connectivity index (χ0v) is 16.6. The smallest absolute Gasteiger partial charge is 0.374 e. The predicted molar refractivity (Wildman–Crippen MR) is 113 cm³/mol. The van der Waals surface area contributed by atoms with Crippen LogP contribution in [0.4, 0.5) is 0 Å². The molecule has 6 heteroatoms. The van der Waals surface area contributed by atoms with Gasteiger partial charge >= 0.3 is 7.05 Å². The van der Waals surface area contributed by atoms with Crippen LogP contribution in [0.15, 0.2) is 59.4 Å². The molecule has 1 atom stereocenters. The first-order valence-corrected chi connectivity index (χ1v) is 9.55. The molecule has 2 aromatic carbocycles. The van der Waals surface area contributed by atoms with Crippen molar-refractivity contribution in [1.82, 2.24) is 9.79 Å². The predicted octanol–water partition coefficient (Wildman–Crippen LogP) is 4.10. The standard InChI is InChI=1S/C21H24BClN2O2/c1-14(2)20(24-22(3)27)19-12-16-11-17(23)9-10-18(16)21(26)25(19)13-15-7-5-4-6-8-15/h4-12,14,20,24,27H,13H2,1-3H3. The maximum atomic E-state index is 13.3. The van der Waals surface area contributed by atoms with E-state index >= 15 is 0 Å². The number of halogens is 1. The SMILES string of the molecule is CB(O)NC(c1cc2cc(Cl)ccc2c(=O)n1Cc1ccccc1)C(C)C. The second-order valence-corrected chi connectivity index (χ2v) is 7.68. The molecule has 1 unspecified atom stereocenters. The Morgan fingerprint density at radius 3 is 2.48 bits per heavy atom. The van der Waals surface area contributed by atoms with Gasteiger partial charge in [-0.15, -0.1) is 0 Å². The number of nitrogens with zero attached hydrogens (tertiary/aromatic N) is 1. The minimum absolute atomic E-state index is 0.0546. The van der Waals surface area contributed by atoms with Crippen molar-refractivity contribution in [3.05, 3.63) is 81.2 Å². The van der Waals surface area contributed by atoms with Gasteiger partial charge in [0.2, 0.25) is 0 Å². The van der Waals surface area contributed by atoms with Crippen LogP contribution in [-0.2, 0) is 6.54 Å². The number of benzene rings is 2. The van der Waals surface area contributed by atoms with Crippen molar-refractivity contribution in [1.29, 1.82) is 0 Å². The van der Waals surface area contributed by atoms with Gasteiger partial charge in [-0.05, 0) is 48.0 Å². The van der Waals surface area contributed by atoms with E-state index in [0.29, 0.717) is 17.0 Å². The Bertz CT molecular complexity index is 987. The van der Waals surface area contributed by atoms with Crippen LogP contribution >= 0.6 is 11.6 Å². The third kappa shape index (κ3) is 4.43. The van der Waals surface area contributed by atoms with E-state index in [9.17, 15) is 9.82 Å². The molecule has 0 fully saturated rings. The molecule has 0 aliphatic rings. The van der Waals surface area contributed by atoms with E-state index in [2.05, 4.69) is 19.1 Å². The molecule has 0 saturated heterocycles. The third-order valence-corrected chi connectivity index (χ3v) is 4.93. The van der Waals surface area contributed by atoms with E-state index in [1.54, 1.807) is 23.5 Å². The summed E-state index contributed by atoms with van der Waals surface area (Å²) >= 11 is 6.15. The van der Waals surface area contributed by atoms with Crippen molar-refractivity contribution >= 4 is 29.4 Å². The summed E-state index contributed by atoms with van der Waals surface area (Å²) in [5, 5.41) is 15.2. The Kier molecular flexibility index (Phi) is 6.05. The van der Waals surface area contributed by atoms with Gasteiger partial charge < -0.3 is 14.8 Å². The Balaban J connectivity index is 2.24. The first kappa shape index (κ1) is 19.7. The number of fused-ring (bicyclic) bond motifs is 1. The molecule has 0 saturated carbocycles. The van der Waals surface area contributed by atoms with Crippen molar-refractivity contribution in [3.63, 3.8) is 0 Å². The lowest BCUT2D eigenvalue weighted by molar-refractivity contribution is 0.418. The number of pyridine rings is 1. The number of hydrogen-bond acceptors (Lipinski definition) is 3. The van der Waals surface area contributed by atoms with Gasteiger partial charge in [-0.1, -0.05) is 55.8 Å². The summed E-state index contributed by atoms with van der Waals surface area (Å²) in [4.78, 5) is 13.3. The van der Waals surface area contributed by atoms with Gasteiger partial charge in [0.25, 0.3) is 5.56 Å². The summed E-state index contributed by atoms with van der Waals surface area (Å²) in [5.41, 5.74) is 1.84. The molecule has 1 heterocycles. The number of aromatic nitrogens is 1. The van der Waals surface area contributed by atoms with Crippen LogP contribution in [0.5, 0.6) is 0 Å². The molecule has 2 N–H and O–H groups in total. The fourth-order valence-corrected chi connectivity index (χ4v) is 3.59. The number of rotatable bonds is 6. The summed E-state index contributed by atoms with van der Waals surface area (Å²) in [6.45, 7) is 6.30. The molecule has 3 rings (SSSR count). The zero-order valence-electron chi connectivity index (χ0n) is 15.8. The van der Waals surface area contributed by atoms with Crippen molar-refractivity contribution in [3.8, 4) is 0 Å². The highest BCUT2D eigenvalue weighted by atomic mass is 35.5. The second-order valence-electron chi connectivity index (χ2n) is 7.24. The van der Waals surface area contributed by atoms with E-state index in [1.807, 2.05) is 42.5 Å². The van der Waals surface area contributed by atoms with E-state index in [-0.39, 0.29) is 17.5 Å². The number of hydrogen-bond donors (Lipinski definition) is 2. The number of nitrogens with one attached hydrogen (secondary N) is 1. The lowest BCUT2D eigenvalue weighted by atomic mass is 9.83. The molecule has 4 nitrogen and oxygen atoms in total. The van der Waals surface area contributed by atoms with Crippen LogP contribution in [-0.4, -0.2) is 16.6 Å². The highest BCUT2D eigenvalue weighted by Crippen LogP contribution is 2.26. The van der Waals surface area contributed by atoms with Gasteiger partial charge in [0.1, 0.15) is 0 Å². The summed E-state index contributed by atoms with van der Waals surface area (Å²) < 4.78 is 1.80. The summed E-state index contributed by atoms with van der Waals surface area (Å²) in [5.74, 6) is 0.178. The van der Waals surface area contributed by atoms with E-state index in [0.717, 1.165) is 16.6 Å². The quantitative estimate of drug-likeness (QED) is 0.631. The molecule has 27 heavy (non-hydrogen) atoms. The molecule has 0 aliphatic heterocycles. The lowest BCUT2D eigenvalue weighted by Gasteiger charge is -2.27. The molecule has 0 aliphatic carbocycles. The van der Waals surface area contributed by atoms with Crippen LogP contribution in [0.25, 0.3) is 10.8 Å². The maximum absolute atomic E-state index is 13.3. The largest absolute Gasteiger partial charge is 0.437 e. The zero-order chi connectivity index (χ0) is 19.6. The Labute approximate surface area is 164 Å². The average molecular weight is 383 g/mol. The highest BCUT2D eigenvalue weighted by Gasteiger charge is 2.23. The first-order chi connectivity index (χ1) is 12.9. The molecular weight excluding hydrogens is 359 g/mol. The van der Waals surface area contributed by atoms with Crippen LogP contribution < -0.4 is 10.8 Å². The molecule has 3 aromatic rings. The highest BCUT2D eigenvalue weighted by molar-refractivity contribution is 6.45. The van der Waals surface area contributed by atoms with E-state index in [4.69, 9.17) is 11.6 Å². The van der Waals surface area contributed by atoms with Crippen LogP contribution in [0.2, 0.25) is 11.8 Å². The van der Waals surface area contributed by atoms with Gasteiger partial charge in [-0.3, -0.25) is 4.79 Å². The molecule has 1 aromatic heterocycles. The minimum Gasteiger partial charge on any atom is -0.437 e. The fraction of sp³-hybridized carbons (Fsp3) is 0.286. The maximum Gasteiger partial charge on any atom is 0.374 e. The van der Waals surface area contributed by atoms with Crippen LogP contribution in [0.1, 0.15) is 31.1 Å². The second kappa shape index (κ2) is 8.30. The molecule has 0 amide bonds. The van der Waals surface area contributed by atoms with Crippen molar-refractivity contribution < 1.29 is 5.02 Å². The molecule has 0 spiro atoms. The molecule has 0 radical (unpaired) electrons. The van der Waals surface area contributed by atoms with Crippen molar-refractivity contribution in [2.24, 2.45) is 5.92 Å². The van der Waals surface area contributed by atoms with E-state index in [1.165, 1.54) is 0 Å². The monoisotopic (exact) mass is 382 g/mol. The third-order valence-electron chi connectivity index (χ3n) is 4.69. The average Bonchev–Trinajstić information content (AvgIpc) is 2.62. The Hall–Kier alpha value is -2.08. The molecule has 0 bridgehead atoms. The van der Waals surface area contributed by atoms with Gasteiger partial charge in [0, 0.05) is 22.1 Å². The van der Waals surface area contributed by atoms with Gasteiger partial charge in [-0.25, -0.2) is 0 Å². The van der Waals surface area contributed by atoms with Crippen molar-refractivity contribution in [2.75, 3.05) is 0 Å². The summed E-state index contributed by atoms with van der Waals surface area (Å²) in [6, 6.07) is 17.1. The molecule has 140 valence electrons. The first-order valence-electron chi connectivity index (χ1n) is 9.18. The van der Waals surface area contributed by atoms with Crippen LogP contribution in [0.3, 0.4) is 0 Å². The van der Waals surface area contributed by atoms with Crippen molar-refractivity contribution in [2.45, 2.75) is 33.3 Å². The minimum atomic E-state index is -0.687. The van der Waals surface area contributed by atoms with Gasteiger partial charge in [0.05, 0.1) is 6.54 Å². The lowest BCUT2D eigenvalue weighted by Crippen LogP contribution is -2.40. The Morgan fingerprint density at radius 2 is 1.85 bits per heavy atom. The van der Waals surface area contributed by atoms with Gasteiger partial charge in [0.15, 0.2) is 0 Å². The summed E-state index contributed by atoms with van der Waals surface area (Å²) in [7, 11) is -0.687. The summed E-state index contributed by atoms with van der Waals surface area (Å²) in [6.07, 6.45) is 0. The topological polar surface area (TPSA) is 54.3 Å². The molecular formula is C21H24BClN2O2. The Morgan fingerprint density at radius 1 is 1.15 bits per heavy atom. The normalized spacial score (nSPS) is 12.5. The van der Waals surface area contributed by atoms with Gasteiger partial charge in [-0.2, -0.15) is 0 Å². The van der Waals surface area contributed by atoms with Crippen LogP contribution in [0, 0.1) is 5.92 Å². The van der Waals surface area contributed by atoms with E-state index < -0.39 is 7.05 Å².